The summed E-state index contributed by atoms with van der Waals surface area (Å²) in [6, 6.07) is 17.0. The van der Waals surface area contributed by atoms with Crippen molar-refractivity contribution in [3.63, 3.8) is 0 Å². The number of para-hydroxylation sites is 1. The highest BCUT2D eigenvalue weighted by Gasteiger charge is 2.35. The minimum absolute atomic E-state index is 0.0549. The Bertz CT molecular complexity index is 899. The molecule has 1 aliphatic heterocycles. The van der Waals surface area contributed by atoms with E-state index in [1.807, 2.05) is 42.5 Å². The van der Waals surface area contributed by atoms with Crippen LogP contribution in [0.1, 0.15) is 23.7 Å². The Hall–Kier alpha value is -2.31. The van der Waals surface area contributed by atoms with Gasteiger partial charge in [-0.2, -0.15) is 0 Å². The van der Waals surface area contributed by atoms with Crippen LogP contribution in [0, 0.1) is 0 Å². The number of aliphatic imine (C=N–C) groups is 1. The summed E-state index contributed by atoms with van der Waals surface area (Å²) < 4.78 is 0. The van der Waals surface area contributed by atoms with Crippen LogP contribution in [0.25, 0.3) is 0 Å². The van der Waals surface area contributed by atoms with Gasteiger partial charge in [0.2, 0.25) is 5.91 Å². The third-order valence-corrected chi connectivity index (χ3v) is 5.94. The lowest BCUT2D eigenvalue weighted by atomic mass is 10.1. The Morgan fingerprint density at radius 3 is 2.56 bits per heavy atom. The van der Waals surface area contributed by atoms with Crippen molar-refractivity contribution < 1.29 is 9.59 Å². The molecule has 0 aromatic heterocycles. The molecule has 1 atom stereocenters. The van der Waals surface area contributed by atoms with Gasteiger partial charge in [-0.1, -0.05) is 65.8 Å². The summed E-state index contributed by atoms with van der Waals surface area (Å²) in [5.41, 5.74) is 1.46. The summed E-state index contributed by atoms with van der Waals surface area (Å²) in [5.74, 6) is -0.213. The maximum atomic E-state index is 12.9. The number of rotatable bonds is 5. The molecule has 5 nitrogen and oxygen atoms in total. The Morgan fingerprint density at radius 2 is 1.85 bits per heavy atom. The lowest BCUT2D eigenvalue weighted by molar-refractivity contribution is -0.120. The zero-order valence-electron chi connectivity index (χ0n) is 14.5. The number of nitrogens with zero attached hydrogens (tertiary/aromatic N) is 2. The van der Waals surface area contributed by atoms with Crippen LogP contribution in [0.4, 0.5) is 5.69 Å². The van der Waals surface area contributed by atoms with Gasteiger partial charge in [-0.25, -0.2) is 0 Å². The topological polar surface area (TPSA) is 61.8 Å². The number of thioether (sulfide) groups is 1. The van der Waals surface area contributed by atoms with Crippen molar-refractivity contribution in [3.8, 4) is 0 Å². The highest BCUT2D eigenvalue weighted by atomic mass is 35.5. The number of halogens is 1. The lowest BCUT2D eigenvalue weighted by Gasteiger charge is -2.23. The molecule has 1 aliphatic carbocycles. The van der Waals surface area contributed by atoms with Crippen LogP contribution in [-0.2, 0) is 9.59 Å². The highest BCUT2D eigenvalue weighted by molar-refractivity contribution is 8.15. The number of amides is 2. The van der Waals surface area contributed by atoms with Crippen molar-refractivity contribution in [1.82, 2.24) is 5.32 Å². The molecule has 0 bridgehead atoms. The quantitative estimate of drug-likeness (QED) is 0.831. The first-order valence-electron chi connectivity index (χ1n) is 8.77. The van der Waals surface area contributed by atoms with Gasteiger partial charge in [-0.3, -0.25) is 19.5 Å². The van der Waals surface area contributed by atoms with E-state index in [1.54, 1.807) is 12.1 Å². The fourth-order valence-corrected chi connectivity index (χ4v) is 4.20. The molecule has 0 unspecified atom stereocenters. The Balaban J connectivity index is 1.62. The van der Waals surface area contributed by atoms with Gasteiger partial charge in [-0.05, 0) is 30.5 Å². The standard InChI is InChI=1S/C20H18ClN3O2S/c21-15-8-4-5-9-16(15)24-17(25)12-22-20(24)27-18(13-6-2-1-3-7-13)19(26)23-14-10-11-14/h1-9,14,18H,10-12H2,(H,23,26)/t18-/m1/s1. The second kappa shape index (κ2) is 7.74. The van der Waals surface area contributed by atoms with Crippen LogP contribution in [-0.4, -0.2) is 29.6 Å². The molecule has 7 heteroatoms. The average Bonchev–Trinajstić information content (AvgIpc) is 3.42. The molecule has 1 fully saturated rings. The molecular formula is C20H18ClN3O2S. The smallest absolute Gasteiger partial charge is 0.254 e. The minimum atomic E-state index is -0.485. The van der Waals surface area contributed by atoms with Gasteiger partial charge in [0.05, 0.1) is 10.7 Å². The molecule has 2 aliphatic rings. The van der Waals surface area contributed by atoms with E-state index in [-0.39, 0.29) is 24.4 Å². The molecule has 0 saturated heterocycles. The highest BCUT2D eigenvalue weighted by Crippen LogP contribution is 2.37. The van der Waals surface area contributed by atoms with Gasteiger partial charge >= 0.3 is 0 Å². The normalized spacial score (nSPS) is 17.6. The van der Waals surface area contributed by atoms with Gasteiger partial charge in [0.15, 0.2) is 5.17 Å². The van der Waals surface area contributed by atoms with Gasteiger partial charge in [0.25, 0.3) is 5.91 Å². The zero-order valence-corrected chi connectivity index (χ0v) is 16.0. The van der Waals surface area contributed by atoms with Crippen LogP contribution in [0.15, 0.2) is 59.6 Å². The van der Waals surface area contributed by atoms with E-state index in [4.69, 9.17) is 11.6 Å². The third-order valence-electron chi connectivity index (χ3n) is 4.37. The van der Waals surface area contributed by atoms with E-state index in [1.165, 1.54) is 16.7 Å². The lowest BCUT2D eigenvalue weighted by Crippen LogP contribution is -2.34. The largest absolute Gasteiger partial charge is 0.352 e. The molecule has 0 radical (unpaired) electrons. The maximum Gasteiger partial charge on any atom is 0.254 e. The number of carbonyl (C=O) groups excluding carboxylic acids is 2. The summed E-state index contributed by atoms with van der Waals surface area (Å²) >= 11 is 7.57. The van der Waals surface area contributed by atoms with Gasteiger partial charge in [0.1, 0.15) is 11.8 Å². The molecule has 4 rings (SSSR count). The molecule has 2 amide bonds. The summed E-state index contributed by atoms with van der Waals surface area (Å²) in [6.45, 7) is 0.0549. The SMILES string of the molecule is O=C(NC1CC1)[C@H](SC1=NCC(=O)N1c1ccccc1Cl)c1ccccc1. The van der Waals surface area contributed by atoms with Crippen LogP contribution in [0.3, 0.4) is 0 Å². The first-order valence-corrected chi connectivity index (χ1v) is 10.0. The van der Waals surface area contributed by atoms with E-state index in [0.717, 1.165) is 18.4 Å². The van der Waals surface area contributed by atoms with Crippen LogP contribution < -0.4 is 10.2 Å². The molecule has 1 heterocycles. The zero-order chi connectivity index (χ0) is 18.8. The van der Waals surface area contributed by atoms with E-state index in [2.05, 4.69) is 10.3 Å². The van der Waals surface area contributed by atoms with Crippen LogP contribution in [0.5, 0.6) is 0 Å². The molecule has 2 aromatic carbocycles. The Kier molecular flexibility index (Phi) is 5.18. The molecule has 27 heavy (non-hydrogen) atoms. The molecule has 138 valence electrons. The van der Waals surface area contributed by atoms with Gasteiger partial charge < -0.3 is 5.32 Å². The van der Waals surface area contributed by atoms with E-state index < -0.39 is 5.25 Å². The average molecular weight is 400 g/mol. The third kappa shape index (κ3) is 4.01. The second-order valence-electron chi connectivity index (χ2n) is 6.47. The Morgan fingerprint density at radius 1 is 1.15 bits per heavy atom. The fraction of sp³-hybridized carbons (Fsp3) is 0.250. The summed E-state index contributed by atoms with van der Waals surface area (Å²) in [6.07, 6.45) is 2.03. The van der Waals surface area contributed by atoms with Crippen molar-refractivity contribution in [3.05, 3.63) is 65.2 Å². The van der Waals surface area contributed by atoms with Crippen LogP contribution >= 0.6 is 23.4 Å². The first kappa shape index (κ1) is 18.1. The summed E-state index contributed by atoms with van der Waals surface area (Å²) in [7, 11) is 0. The first-order chi connectivity index (χ1) is 13.1. The fourth-order valence-electron chi connectivity index (χ4n) is 2.85. The monoisotopic (exact) mass is 399 g/mol. The van der Waals surface area contributed by atoms with Crippen molar-refractivity contribution in [2.24, 2.45) is 4.99 Å². The second-order valence-corrected chi connectivity index (χ2v) is 7.95. The predicted molar refractivity (Wildman–Crippen MR) is 109 cm³/mol. The number of nitrogens with one attached hydrogen (secondary N) is 1. The van der Waals surface area contributed by atoms with E-state index >= 15 is 0 Å². The van der Waals surface area contributed by atoms with Crippen LogP contribution in [0.2, 0.25) is 5.02 Å². The molecule has 1 saturated carbocycles. The number of hydrogen-bond donors (Lipinski definition) is 1. The maximum absolute atomic E-state index is 12.9. The van der Waals surface area contributed by atoms with Crippen molar-refractivity contribution in [1.29, 1.82) is 0 Å². The van der Waals surface area contributed by atoms with E-state index in [9.17, 15) is 9.59 Å². The van der Waals surface area contributed by atoms with Crippen molar-refractivity contribution in [2.45, 2.75) is 24.1 Å². The molecule has 2 aromatic rings. The predicted octanol–water partition coefficient (Wildman–Crippen LogP) is 3.80. The summed E-state index contributed by atoms with van der Waals surface area (Å²) in [4.78, 5) is 31.2. The number of benzene rings is 2. The number of carbonyl (C=O) groups is 2. The number of hydrogen-bond acceptors (Lipinski definition) is 4. The van der Waals surface area contributed by atoms with E-state index in [0.29, 0.717) is 15.9 Å². The van der Waals surface area contributed by atoms with Gasteiger partial charge in [0, 0.05) is 6.04 Å². The Labute approximate surface area is 166 Å². The molecular weight excluding hydrogens is 382 g/mol. The molecule has 1 N–H and O–H groups in total. The number of anilines is 1. The van der Waals surface area contributed by atoms with Gasteiger partial charge in [-0.15, -0.1) is 0 Å². The summed E-state index contributed by atoms with van der Waals surface area (Å²) in [5, 5.41) is 3.54. The van der Waals surface area contributed by atoms with Crippen molar-refractivity contribution in [2.75, 3.05) is 11.4 Å². The minimum Gasteiger partial charge on any atom is -0.352 e. The number of amidine groups is 1. The van der Waals surface area contributed by atoms with Crippen molar-refractivity contribution >= 4 is 46.0 Å². The molecule has 0 spiro atoms.